The van der Waals surface area contributed by atoms with Crippen molar-refractivity contribution in [1.29, 1.82) is 0 Å². The molecule has 4 saturated heterocycles. The van der Waals surface area contributed by atoms with Crippen LogP contribution in [0.15, 0.2) is 46.0 Å². The number of halogens is 1. The van der Waals surface area contributed by atoms with Crippen LogP contribution in [0.5, 0.6) is 0 Å². The molecule has 4 fully saturated rings. The number of benzene rings is 1. The number of piperidine rings is 3. The van der Waals surface area contributed by atoms with Crippen molar-refractivity contribution in [3.05, 3.63) is 53.2 Å². The molecule has 0 unspecified atom stereocenters. The Balaban J connectivity index is 1.58. The zero-order valence-corrected chi connectivity index (χ0v) is 15.9. The van der Waals surface area contributed by atoms with Gasteiger partial charge in [0.25, 0.3) is 10.0 Å². The van der Waals surface area contributed by atoms with E-state index in [2.05, 4.69) is 4.90 Å². The number of rotatable bonds is 3. The molecule has 4 aliphatic rings. The summed E-state index contributed by atoms with van der Waals surface area (Å²) in [7, 11) is -3.49. The molecule has 138 valence electrons. The summed E-state index contributed by atoms with van der Waals surface area (Å²) < 4.78 is 42.2. The Morgan fingerprint density at radius 1 is 1.04 bits per heavy atom. The average molecular weight is 393 g/mol. The van der Waals surface area contributed by atoms with Crippen molar-refractivity contribution in [3.63, 3.8) is 0 Å². The predicted molar refractivity (Wildman–Crippen MR) is 99.2 cm³/mol. The summed E-state index contributed by atoms with van der Waals surface area (Å²) in [6.45, 7) is 2.56. The minimum absolute atomic E-state index is 0.0275. The molecule has 26 heavy (non-hydrogen) atoms. The van der Waals surface area contributed by atoms with Crippen LogP contribution >= 0.6 is 11.3 Å². The molecule has 4 aliphatic heterocycles. The van der Waals surface area contributed by atoms with Crippen LogP contribution in [0.4, 0.5) is 4.39 Å². The summed E-state index contributed by atoms with van der Waals surface area (Å²) in [6, 6.07) is 10.3. The van der Waals surface area contributed by atoms with Crippen molar-refractivity contribution in [2.24, 2.45) is 5.92 Å². The van der Waals surface area contributed by atoms with Gasteiger partial charge in [-0.15, -0.1) is 11.3 Å². The lowest BCUT2D eigenvalue weighted by Crippen LogP contribution is -2.60. The smallest absolute Gasteiger partial charge is 0.252 e. The van der Waals surface area contributed by atoms with Crippen LogP contribution in [0.3, 0.4) is 0 Å². The minimum atomic E-state index is -3.49. The van der Waals surface area contributed by atoms with E-state index in [-0.39, 0.29) is 23.8 Å². The number of hydrogen-bond acceptors (Lipinski definition) is 4. The zero-order chi connectivity index (χ0) is 17.9. The number of fused-ring (bicyclic) bond motifs is 2. The normalized spacial score (nSPS) is 34.1. The molecule has 2 bridgehead atoms. The Hall–Kier alpha value is -1.28. The monoisotopic (exact) mass is 392 g/mol. The second-order valence-electron chi connectivity index (χ2n) is 7.52. The summed E-state index contributed by atoms with van der Waals surface area (Å²) in [5.41, 5.74) is 1.04. The third-order valence-electron chi connectivity index (χ3n) is 6.31. The van der Waals surface area contributed by atoms with E-state index in [1.54, 1.807) is 16.4 Å². The lowest BCUT2D eigenvalue weighted by atomic mass is 9.75. The van der Waals surface area contributed by atoms with Gasteiger partial charge in [0.05, 0.1) is 0 Å². The van der Waals surface area contributed by atoms with Gasteiger partial charge in [0.15, 0.2) is 0 Å². The van der Waals surface area contributed by atoms with Gasteiger partial charge in [-0.1, -0.05) is 18.2 Å². The van der Waals surface area contributed by atoms with E-state index in [4.69, 9.17) is 0 Å². The van der Waals surface area contributed by atoms with Gasteiger partial charge in [0, 0.05) is 24.5 Å². The van der Waals surface area contributed by atoms with E-state index >= 15 is 0 Å². The van der Waals surface area contributed by atoms with E-state index in [0.29, 0.717) is 16.7 Å². The molecule has 0 spiro atoms. The van der Waals surface area contributed by atoms with Gasteiger partial charge in [-0.05, 0) is 61.0 Å². The molecule has 1 aromatic carbocycles. The molecular weight excluding hydrogens is 371 g/mol. The molecule has 0 N–H and O–H groups in total. The molecule has 3 atom stereocenters. The van der Waals surface area contributed by atoms with Crippen LogP contribution in [-0.2, 0) is 10.0 Å². The van der Waals surface area contributed by atoms with Gasteiger partial charge >= 0.3 is 0 Å². The molecule has 7 heteroatoms. The third kappa shape index (κ3) is 2.48. The third-order valence-corrected chi connectivity index (χ3v) is 9.54. The van der Waals surface area contributed by atoms with Gasteiger partial charge in [-0.25, -0.2) is 12.8 Å². The summed E-state index contributed by atoms with van der Waals surface area (Å²) in [5, 5.41) is 1.81. The van der Waals surface area contributed by atoms with Crippen LogP contribution in [0.25, 0.3) is 0 Å². The molecule has 5 heterocycles. The second kappa shape index (κ2) is 6.12. The van der Waals surface area contributed by atoms with Crippen LogP contribution in [0.2, 0.25) is 0 Å². The lowest BCUT2D eigenvalue weighted by Gasteiger charge is -2.50. The minimum Gasteiger partial charge on any atom is -0.298 e. The molecule has 1 aromatic heterocycles. The molecule has 4 nitrogen and oxygen atoms in total. The molecule has 0 amide bonds. The Morgan fingerprint density at radius 2 is 1.77 bits per heavy atom. The second-order valence-corrected chi connectivity index (χ2v) is 10.6. The summed E-state index contributed by atoms with van der Waals surface area (Å²) in [6.07, 6.45) is 2.13. The standard InChI is InChI=1S/C19H21FN2O2S2/c20-15-5-3-13(4-6-15)16-12-22(26(23,24)17-2-1-11-25-17)18-14-7-9-21(10-8-14)19(16)18/h1-6,11,14,16,18-19H,7-10,12H2/t16-,18+,19+/m1/s1. The number of thiophene rings is 1. The first kappa shape index (κ1) is 16.9. The Bertz CT molecular complexity index is 890. The van der Waals surface area contributed by atoms with Crippen molar-refractivity contribution >= 4 is 21.4 Å². The topological polar surface area (TPSA) is 40.6 Å². The van der Waals surface area contributed by atoms with Crippen molar-refractivity contribution in [1.82, 2.24) is 9.21 Å². The van der Waals surface area contributed by atoms with Crippen molar-refractivity contribution in [3.8, 4) is 0 Å². The highest BCUT2D eigenvalue weighted by atomic mass is 32.2. The van der Waals surface area contributed by atoms with Crippen molar-refractivity contribution in [2.75, 3.05) is 19.6 Å². The van der Waals surface area contributed by atoms with Crippen molar-refractivity contribution in [2.45, 2.75) is 35.1 Å². The maximum Gasteiger partial charge on any atom is 0.252 e. The Kier molecular flexibility index (Phi) is 3.97. The first-order valence-electron chi connectivity index (χ1n) is 9.10. The van der Waals surface area contributed by atoms with E-state index in [1.165, 1.54) is 23.5 Å². The molecule has 6 rings (SSSR count). The Morgan fingerprint density at radius 3 is 2.42 bits per heavy atom. The van der Waals surface area contributed by atoms with Gasteiger partial charge < -0.3 is 0 Å². The highest BCUT2D eigenvalue weighted by Gasteiger charge is 2.56. The first-order valence-corrected chi connectivity index (χ1v) is 11.4. The molecule has 0 radical (unpaired) electrons. The van der Waals surface area contributed by atoms with E-state index in [1.807, 2.05) is 17.5 Å². The zero-order valence-electron chi connectivity index (χ0n) is 14.3. The van der Waals surface area contributed by atoms with Gasteiger partial charge in [0.2, 0.25) is 0 Å². The fraction of sp³-hybridized carbons (Fsp3) is 0.474. The average Bonchev–Trinajstić information content (AvgIpc) is 3.33. The fourth-order valence-corrected chi connectivity index (χ4v) is 8.02. The van der Waals surface area contributed by atoms with Gasteiger partial charge in [-0.3, -0.25) is 4.90 Å². The van der Waals surface area contributed by atoms with E-state index in [9.17, 15) is 12.8 Å². The SMILES string of the molecule is O=S(=O)(c1cccs1)N1C[C@H](c2ccc(F)cc2)[C@H]2[C@@H]1C1CCN2CC1. The van der Waals surface area contributed by atoms with Crippen LogP contribution < -0.4 is 0 Å². The first-order chi connectivity index (χ1) is 12.6. The molecule has 0 aliphatic carbocycles. The maximum absolute atomic E-state index is 13.4. The highest BCUT2D eigenvalue weighted by Crippen LogP contribution is 2.48. The number of nitrogens with zero attached hydrogens (tertiary/aromatic N) is 2. The van der Waals surface area contributed by atoms with Gasteiger partial charge in [-0.2, -0.15) is 4.31 Å². The van der Waals surface area contributed by atoms with E-state index in [0.717, 1.165) is 31.5 Å². The van der Waals surface area contributed by atoms with Crippen LogP contribution in [0, 0.1) is 11.7 Å². The summed E-state index contributed by atoms with van der Waals surface area (Å²) >= 11 is 1.28. The predicted octanol–water partition coefficient (Wildman–Crippen LogP) is 3.14. The van der Waals surface area contributed by atoms with Crippen LogP contribution in [-0.4, -0.2) is 49.3 Å². The van der Waals surface area contributed by atoms with E-state index < -0.39 is 10.0 Å². The maximum atomic E-state index is 13.4. The Labute approximate surface area is 157 Å². The molecule has 2 aromatic rings. The summed E-state index contributed by atoms with van der Waals surface area (Å²) in [4.78, 5) is 2.46. The number of hydrogen-bond donors (Lipinski definition) is 0. The quantitative estimate of drug-likeness (QED) is 0.806. The molecular formula is C19H21FN2O2S2. The highest BCUT2D eigenvalue weighted by molar-refractivity contribution is 7.91. The van der Waals surface area contributed by atoms with Gasteiger partial charge in [0.1, 0.15) is 10.0 Å². The summed E-state index contributed by atoms with van der Waals surface area (Å²) in [5.74, 6) is 0.264. The lowest BCUT2D eigenvalue weighted by molar-refractivity contribution is 0.0123. The van der Waals surface area contributed by atoms with Crippen molar-refractivity contribution < 1.29 is 12.8 Å². The van der Waals surface area contributed by atoms with Crippen LogP contribution in [0.1, 0.15) is 24.3 Å². The fourth-order valence-electron chi connectivity index (χ4n) is 5.17. The number of sulfonamides is 1. The largest absolute Gasteiger partial charge is 0.298 e. The molecule has 0 saturated carbocycles.